The van der Waals surface area contributed by atoms with Crippen LogP contribution in [0.4, 0.5) is 4.79 Å². The molecule has 0 saturated heterocycles. The van der Waals surface area contributed by atoms with Gasteiger partial charge in [0.15, 0.2) is 0 Å². The van der Waals surface area contributed by atoms with Crippen LogP contribution in [0.5, 0.6) is 0 Å². The highest BCUT2D eigenvalue weighted by molar-refractivity contribution is 8.01. The quantitative estimate of drug-likeness (QED) is 0.524. The van der Waals surface area contributed by atoms with E-state index in [4.69, 9.17) is 10.8 Å². The Morgan fingerprint density at radius 3 is 2.35 bits per heavy atom. The molecule has 17 heavy (non-hydrogen) atoms. The molecule has 3 amide bonds. The Bertz CT molecular complexity index is 319. The van der Waals surface area contributed by atoms with Crippen LogP contribution in [0.15, 0.2) is 0 Å². The number of hydrogen-bond acceptors (Lipinski definition) is 5. The average molecular weight is 263 g/mol. The Kier molecular flexibility index (Phi) is 5.97. The van der Waals surface area contributed by atoms with Crippen LogP contribution in [0, 0.1) is 0 Å². The first kappa shape index (κ1) is 15.7. The number of carboxylic acid groups (broad SMARTS) is 1. The van der Waals surface area contributed by atoms with Gasteiger partial charge in [-0.2, -0.15) is 0 Å². The highest BCUT2D eigenvalue weighted by Crippen LogP contribution is 2.27. The van der Waals surface area contributed by atoms with E-state index in [9.17, 15) is 14.4 Å². The normalized spacial score (nSPS) is 12.7. The second kappa shape index (κ2) is 6.45. The summed E-state index contributed by atoms with van der Waals surface area (Å²) in [6, 6.07) is -1.68. The summed E-state index contributed by atoms with van der Waals surface area (Å²) in [5.74, 6) is -1.67. The van der Waals surface area contributed by atoms with Gasteiger partial charge < -0.3 is 16.2 Å². The van der Waals surface area contributed by atoms with E-state index in [2.05, 4.69) is 10.6 Å². The fourth-order valence-electron chi connectivity index (χ4n) is 0.864. The molecule has 0 aliphatic carbocycles. The van der Waals surface area contributed by atoms with Crippen molar-refractivity contribution in [3.63, 3.8) is 0 Å². The topological polar surface area (TPSA) is 122 Å². The van der Waals surface area contributed by atoms with Gasteiger partial charge in [0, 0.05) is 11.8 Å². The lowest BCUT2D eigenvalue weighted by Gasteiger charge is -2.27. The van der Waals surface area contributed by atoms with Gasteiger partial charge in [0.2, 0.25) is 5.91 Å². The predicted octanol–water partition coefficient (Wildman–Crippen LogP) is -0.634. The zero-order valence-electron chi connectivity index (χ0n) is 9.94. The minimum absolute atomic E-state index is 0.0403. The third kappa shape index (κ3) is 5.55. The Morgan fingerprint density at radius 2 is 1.94 bits per heavy atom. The van der Waals surface area contributed by atoms with Gasteiger partial charge in [-0.3, -0.25) is 14.9 Å². The van der Waals surface area contributed by atoms with Gasteiger partial charge in [0.25, 0.3) is 0 Å². The first-order valence-electron chi connectivity index (χ1n) is 4.84. The van der Waals surface area contributed by atoms with Crippen molar-refractivity contribution in [1.82, 2.24) is 10.6 Å². The van der Waals surface area contributed by atoms with Crippen molar-refractivity contribution in [2.45, 2.75) is 24.6 Å². The highest BCUT2D eigenvalue weighted by Gasteiger charge is 2.33. The monoisotopic (exact) mass is 263 g/mol. The van der Waals surface area contributed by atoms with E-state index >= 15 is 0 Å². The maximum absolute atomic E-state index is 11.3. The summed E-state index contributed by atoms with van der Waals surface area (Å²) in [4.78, 5) is 32.8. The van der Waals surface area contributed by atoms with E-state index in [-0.39, 0.29) is 5.75 Å². The second-order valence-corrected chi connectivity index (χ2v) is 5.46. The Labute approximate surface area is 104 Å². The molecule has 0 saturated carbocycles. The van der Waals surface area contributed by atoms with E-state index in [1.54, 1.807) is 13.8 Å². The van der Waals surface area contributed by atoms with Gasteiger partial charge in [-0.15, -0.1) is 11.8 Å². The number of aliphatic carboxylic acids is 1. The zero-order valence-corrected chi connectivity index (χ0v) is 10.8. The van der Waals surface area contributed by atoms with Gasteiger partial charge >= 0.3 is 12.0 Å². The van der Waals surface area contributed by atoms with Gasteiger partial charge in [-0.1, -0.05) is 0 Å². The summed E-state index contributed by atoms with van der Waals surface area (Å²) in [7, 11) is 1.39. The summed E-state index contributed by atoms with van der Waals surface area (Å²) in [5.41, 5.74) is 5.48. The van der Waals surface area contributed by atoms with Crippen molar-refractivity contribution in [3.05, 3.63) is 0 Å². The van der Waals surface area contributed by atoms with E-state index in [1.165, 1.54) is 7.05 Å². The molecule has 0 unspecified atom stereocenters. The number of nitrogens with one attached hydrogen (secondary N) is 2. The van der Waals surface area contributed by atoms with Gasteiger partial charge in [0.1, 0.15) is 6.04 Å². The Balaban J connectivity index is 4.22. The third-order valence-electron chi connectivity index (χ3n) is 2.07. The van der Waals surface area contributed by atoms with Crippen molar-refractivity contribution in [1.29, 1.82) is 0 Å². The molecule has 0 aromatic heterocycles. The molecule has 7 nitrogen and oxygen atoms in total. The molecule has 0 aliphatic rings. The van der Waals surface area contributed by atoms with Crippen LogP contribution in [-0.4, -0.2) is 46.6 Å². The van der Waals surface area contributed by atoms with E-state index in [0.717, 1.165) is 11.8 Å². The fraction of sp³-hybridized carbons (Fsp3) is 0.667. The molecule has 0 fully saturated rings. The molecular weight excluding hydrogens is 246 g/mol. The number of carbonyl (C=O) groups is 3. The predicted molar refractivity (Wildman–Crippen MR) is 64.7 cm³/mol. The van der Waals surface area contributed by atoms with E-state index in [1.807, 2.05) is 0 Å². The maximum atomic E-state index is 11.3. The molecule has 8 heteroatoms. The number of hydrogen-bond donors (Lipinski definition) is 4. The lowest BCUT2D eigenvalue weighted by atomic mass is 10.1. The molecule has 0 bridgehead atoms. The first-order valence-corrected chi connectivity index (χ1v) is 5.83. The van der Waals surface area contributed by atoms with Crippen molar-refractivity contribution in [3.8, 4) is 0 Å². The van der Waals surface area contributed by atoms with Crippen LogP contribution < -0.4 is 16.4 Å². The van der Waals surface area contributed by atoms with Crippen LogP contribution in [0.2, 0.25) is 0 Å². The molecule has 0 radical (unpaired) electrons. The number of imide groups is 1. The van der Waals surface area contributed by atoms with Crippen molar-refractivity contribution in [2.75, 3.05) is 12.8 Å². The number of carboxylic acids is 1. The van der Waals surface area contributed by atoms with Crippen LogP contribution in [0.25, 0.3) is 0 Å². The fourth-order valence-corrected chi connectivity index (χ4v) is 1.72. The molecular formula is C9H17N3O4S. The molecule has 0 aromatic rings. The van der Waals surface area contributed by atoms with Crippen LogP contribution in [0.3, 0.4) is 0 Å². The molecule has 0 aromatic carbocycles. The number of carbonyl (C=O) groups excluding carboxylic acids is 2. The molecule has 5 N–H and O–H groups in total. The summed E-state index contributed by atoms with van der Waals surface area (Å²) in [5, 5.41) is 13.1. The van der Waals surface area contributed by atoms with Crippen LogP contribution in [-0.2, 0) is 9.59 Å². The third-order valence-corrected chi connectivity index (χ3v) is 3.47. The number of amides is 3. The van der Waals surface area contributed by atoms with Crippen molar-refractivity contribution in [2.24, 2.45) is 5.73 Å². The minimum Gasteiger partial charge on any atom is -0.480 e. The molecule has 0 spiro atoms. The van der Waals surface area contributed by atoms with Crippen LogP contribution in [0.1, 0.15) is 13.8 Å². The number of rotatable bonds is 5. The number of thioether (sulfide) groups is 1. The number of urea groups is 1. The maximum Gasteiger partial charge on any atom is 0.321 e. The summed E-state index contributed by atoms with van der Waals surface area (Å²) in [6.07, 6.45) is 0. The standard InChI is InChI=1S/C9H17N3O4S/c1-9(2,6(10)7(14)15)17-4-5(13)12-8(16)11-3/h6H,4,10H2,1-3H3,(H,14,15)(H2,11,12,13,16)/t6-/m1/s1. The lowest BCUT2D eigenvalue weighted by Crippen LogP contribution is -2.48. The minimum atomic E-state index is -1.13. The van der Waals surface area contributed by atoms with Gasteiger partial charge in [0.05, 0.1) is 5.75 Å². The van der Waals surface area contributed by atoms with Crippen molar-refractivity contribution >= 4 is 29.7 Å². The smallest absolute Gasteiger partial charge is 0.321 e. The molecule has 1 atom stereocenters. The number of nitrogens with two attached hydrogens (primary N) is 1. The summed E-state index contributed by atoms with van der Waals surface area (Å²) >= 11 is 1.08. The molecule has 0 rings (SSSR count). The SMILES string of the molecule is CNC(=O)NC(=O)CSC(C)(C)[C@H](N)C(=O)O. The first-order chi connectivity index (χ1) is 7.70. The van der Waals surface area contributed by atoms with Gasteiger partial charge in [-0.05, 0) is 13.8 Å². The molecule has 0 aliphatic heterocycles. The van der Waals surface area contributed by atoms with Crippen molar-refractivity contribution < 1.29 is 19.5 Å². The summed E-state index contributed by atoms with van der Waals surface area (Å²) in [6.45, 7) is 3.26. The zero-order chi connectivity index (χ0) is 13.6. The highest BCUT2D eigenvalue weighted by atomic mass is 32.2. The van der Waals surface area contributed by atoms with E-state index < -0.39 is 28.7 Å². The largest absolute Gasteiger partial charge is 0.480 e. The average Bonchev–Trinajstić information content (AvgIpc) is 2.25. The molecule has 0 heterocycles. The van der Waals surface area contributed by atoms with Crippen LogP contribution >= 0.6 is 11.8 Å². The lowest BCUT2D eigenvalue weighted by molar-refractivity contribution is -0.139. The Hall–Kier alpha value is -1.28. The molecule has 98 valence electrons. The van der Waals surface area contributed by atoms with E-state index in [0.29, 0.717) is 0 Å². The summed E-state index contributed by atoms with van der Waals surface area (Å²) < 4.78 is -0.800. The second-order valence-electron chi connectivity index (χ2n) is 3.84. The van der Waals surface area contributed by atoms with Gasteiger partial charge in [-0.25, -0.2) is 4.79 Å². The Morgan fingerprint density at radius 1 is 1.41 bits per heavy atom.